The lowest BCUT2D eigenvalue weighted by Crippen LogP contribution is -2.46. The number of rotatable bonds is 3. The Labute approximate surface area is 155 Å². The van der Waals surface area contributed by atoms with Gasteiger partial charge in [0.2, 0.25) is 0 Å². The lowest BCUT2D eigenvalue weighted by molar-refractivity contribution is -0.113. The third-order valence-electron chi connectivity index (χ3n) is 4.19. The number of anilines is 1. The number of amides is 3. The minimum Gasteiger partial charge on any atom is -0.508 e. The number of halogens is 1. The van der Waals surface area contributed by atoms with Gasteiger partial charge in [0.25, 0.3) is 5.91 Å². The fourth-order valence-corrected chi connectivity index (χ4v) is 3.00. The second-order valence-corrected chi connectivity index (χ2v) is 6.51. The molecule has 0 spiro atoms. The summed E-state index contributed by atoms with van der Waals surface area (Å²) in [5.41, 5.74) is 3.00. The lowest BCUT2D eigenvalue weighted by atomic mass is 9.94. The molecule has 1 heterocycles. The van der Waals surface area contributed by atoms with E-state index in [2.05, 4.69) is 16.0 Å². The van der Waals surface area contributed by atoms with E-state index in [0.29, 0.717) is 27.5 Å². The zero-order valence-corrected chi connectivity index (χ0v) is 15.0. The minimum atomic E-state index is -0.635. The molecule has 26 heavy (non-hydrogen) atoms. The highest BCUT2D eigenvalue weighted by Crippen LogP contribution is 2.29. The van der Waals surface area contributed by atoms with E-state index in [4.69, 9.17) is 11.6 Å². The van der Waals surface area contributed by atoms with Gasteiger partial charge in [-0.2, -0.15) is 0 Å². The molecule has 7 heteroatoms. The van der Waals surface area contributed by atoms with E-state index in [9.17, 15) is 14.7 Å². The largest absolute Gasteiger partial charge is 0.508 e. The van der Waals surface area contributed by atoms with Crippen LogP contribution in [0, 0.1) is 6.92 Å². The summed E-state index contributed by atoms with van der Waals surface area (Å²) < 4.78 is 0. The summed E-state index contributed by atoms with van der Waals surface area (Å²) in [6.45, 7) is 3.54. The van der Waals surface area contributed by atoms with Crippen LogP contribution in [0.5, 0.6) is 5.75 Å². The third kappa shape index (κ3) is 3.65. The topological polar surface area (TPSA) is 90.5 Å². The highest BCUT2D eigenvalue weighted by Gasteiger charge is 2.31. The van der Waals surface area contributed by atoms with Crippen molar-refractivity contribution >= 4 is 29.2 Å². The van der Waals surface area contributed by atoms with Gasteiger partial charge in [0.15, 0.2) is 0 Å². The fourth-order valence-electron chi connectivity index (χ4n) is 2.83. The van der Waals surface area contributed by atoms with Crippen LogP contribution in [-0.4, -0.2) is 17.0 Å². The molecule has 4 N–H and O–H groups in total. The van der Waals surface area contributed by atoms with Crippen LogP contribution in [0.4, 0.5) is 10.5 Å². The van der Waals surface area contributed by atoms with Crippen LogP contribution < -0.4 is 16.0 Å². The Hall–Kier alpha value is -2.99. The number of urea groups is 1. The normalized spacial score (nSPS) is 16.7. The van der Waals surface area contributed by atoms with E-state index >= 15 is 0 Å². The summed E-state index contributed by atoms with van der Waals surface area (Å²) >= 11 is 6.02. The molecule has 1 atom stereocenters. The number of aryl methyl sites for hydroxylation is 1. The molecule has 1 aliphatic rings. The van der Waals surface area contributed by atoms with Gasteiger partial charge < -0.3 is 21.1 Å². The zero-order valence-electron chi connectivity index (χ0n) is 14.3. The molecule has 0 saturated carbocycles. The van der Waals surface area contributed by atoms with Gasteiger partial charge in [0.05, 0.1) is 11.6 Å². The van der Waals surface area contributed by atoms with E-state index in [-0.39, 0.29) is 11.7 Å². The second kappa shape index (κ2) is 7.09. The summed E-state index contributed by atoms with van der Waals surface area (Å²) in [5, 5.41) is 18.2. The van der Waals surface area contributed by atoms with Gasteiger partial charge >= 0.3 is 6.03 Å². The van der Waals surface area contributed by atoms with Crippen molar-refractivity contribution in [2.45, 2.75) is 19.9 Å². The van der Waals surface area contributed by atoms with E-state index in [0.717, 1.165) is 5.56 Å². The molecule has 0 fully saturated rings. The second-order valence-electron chi connectivity index (χ2n) is 6.08. The van der Waals surface area contributed by atoms with Crippen molar-refractivity contribution in [3.63, 3.8) is 0 Å². The van der Waals surface area contributed by atoms with E-state index in [1.165, 1.54) is 12.1 Å². The van der Waals surface area contributed by atoms with Gasteiger partial charge in [-0.1, -0.05) is 29.8 Å². The maximum atomic E-state index is 12.9. The molecule has 2 aromatic carbocycles. The summed E-state index contributed by atoms with van der Waals surface area (Å²) in [5.74, 6) is -0.242. The fraction of sp³-hybridized carbons (Fsp3) is 0.158. The monoisotopic (exact) mass is 371 g/mol. The van der Waals surface area contributed by atoms with Crippen LogP contribution in [0.25, 0.3) is 0 Å². The summed E-state index contributed by atoms with van der Waals surface area (Å²) in [6, 6.07) is 10.6. The van der Waals surface area contributed by atoms with Crippen LogP contribution in [0.1, 0.15) is 24.1 Å². The predicted molar refractivity (Wildman–Crippen MR) is 100 cm³/mol. The van der Waals surface area contributed by atoms with Crippen molar-refractivity contribution in [3.05, 3.63) is 69.9 Å². The number of benzene rings is 2. The molecule has 3 rings (SSSR count). The van der Waals surface area contributed by atoms with Crippen molar-refractivity contribution in [2.24, 2.45) is 0 Å². The van der Waals surface area contributed by atoms with Gasteiger partial charge in [-0.3, -0.25) is 4.79 Å². The Morgan fingerprint density at radius 3 is 2.54 bits per heavy atom. The standard InChI is InChI=1S/C19H18ClN3O3/c1-10-3-6-13(20)9-15(10)22-18(25)16-11(2)21-19(26)23-17(16)12-4-7-14(24)8-5-12/h3-9,17,24H,1-2H3,(H,22,25)(H2,21,23,26)/t17-/m0/s1. The van der Waals surface area contributed by atoms with Gasteiger partial charge in [-0.05, 0) is 49.2 Å². The minimum absolute atomic E-state index is 0.107. The molecule has 0 saturated heterocycles. The number of carbonyl (C=O) groups excluding carboxylic acids is 2. The van der Waals surface area contributed by atoms with E-state index in [1.807, 2.05) is 13.0 Å². The van der Waals surface area contributed by atoms with Gasteiger partial charge in [-0.25, -0.2) is 4.79 Å². The van der Waals surface area contributed by atoms with Crippen molar-refractivity contribution in [1.82, 2.24) is 10.6 Å². The van der Waals surface area contributed by atoms with Crippen molar-refractivity contribution in [1.29, 1.82) is 0 Å². The summed E-state index contributed by atoms with van der Waals surface area (Å²) in [6.07, 6.45) is 0. The Kier molecular flexibility index (Phi) is 4.86. The molecular weight excluding hydrogens is 354 g/mol. The highest BCUT2D eigenvalue weighted by molar-refractivity contribution is 6.31. The van der Waals surface area contributed by atoms with Gasteiger partial charge in [-0.15, -0.1) is 0 Å². The van der Waals surface area contributed by atoms with Crippen molar-refractivity contribution < 1.29 is 14.7 Å². The SMILES string of the molecule is CC1=C(C(=O)Nc2cc(Cl)ccc2C)[C@H](c2ccc(O)cc2)NC(=O)N1. The Morgan fingerprint density at radius 2 is 1.85 bits per heavy atom. The number of phenols is 1. The molecule has 0 unspecified atom stereocenters. The first-order valence-electron chi connectivity index (χ1n) is 8.00. The average molecular weight is 372 g/mol. The molecule has 6 nitrogen and oxygen atoms in total. The predicted octanol–water partition coefficient (Wildman–Crippen LogP) is 3.62. The first-order valence-corrected chi connectivity index (χ1v) is 8.37. The van der Waals surface area contributed by atoms with Crippen LogP contribution in [0.15, 0.2) is 53.7 Å². The van der Waals surface area contributed by atoms with Crippen LogP contribution in [0.2, 0.25) is 5.02 Å². The van der Waals surface area contributed by atoms with E-state index < -0.39 is 12.1 Å². The van der Waals surface area contributed by atoms with Crippen molar-refractivity contribution in [2.75, 3.05) is 5.32 Å². The quantitative estimate of drug-likeness (QED) is 0.664. The summed E-state index contributed by atoms with van der Waals surface area (Å²) in [4.78, 5) is 24.8. The molecule has 0 aliphatic carbocycles. The first kappa shape index (κ1) is 17.8. The molecule has 0 bridgehead atoms. The molecule has 134 valence electrons. The van der Waals surface area contributed by atoms with E-state index in [1.54, 1.807) is 31.2 Å². The molecule has 2 aromatic rings. The molecular formula is C19H18ClN3O3. The van der Waals surface area contributed by atoms with Crippen LogP contribution >= 0.6 is 11.6 Å². The van der Waals surface area contributed by atoms with Crippen molar-refractivity contribution in [3.8, 4) is 5.75 Å². The summed E-state index contributed by atoms with van der Waals surface area (Å²) in [7, 11) is 0. The number of hydrogen-bond acceptors (Lipinski definition) is 3. The molecule has 0 radical (unpaired) electrons. The highest BCUT2D eigenvalue weighted by atomic mass is 35.5. The number of carbonyl (C=O) groups is 2. The Morgan fingerprint density at radius 1 is 1.15 bits per heavy atom. The van der Waals surface area contributed by atoms with Crippen LogP contribution in [-0.2, 0) is 4.79 Å². The third-order valence-corrected chi connectivity index (χ3v) is 4.42. The number of phenolic OH excluding ortho intramolecular Hbond substituents is 1. The molecule has 3 amide bonds. The maximum Gasteiger partial charge on any atom is 0.319 e. The number of nitrogens with one attached hydrogen (secondary N) is 3. The Bertz CT molecular complexity index is 907. The average Bonchev–Trinajstić information content (AvgIpc) is 2.58. The molecule has 1 aliphatic heterocycles. The molecule has 0 aromatic heterocycles. The number of allylic oxidation sites excluding steroid dienone is 1. The Balaban J connectivity index is 1.96. The first-order chi connectivity index (χ1) is 12.3. The van der Waals surface area contributed by atoms with Crippen LogP contribution in [0.3, 0.4) is 0 Å². The van der Waals surface area contributed by atoms with Gasteiger partial charge in [0.1, 0.15) is 5.75 Å². The zero-order chi connectivity index (χ0) is 18.8. The number of aromatic hydroxyl groups is 1. The van der Waals surface area contributed by atoms with Gasteiger partial charge in [0, 0.05) is 16.4 Å². The number of hydrogen-bond donors (Lipinski definition) is 4. The smallest absolute Gasteiger partial charge is 0.319 e. The maximum absolute atomic E-state index is 12.9. The lowest BCUT2D eigenvalue weighted by Gasteiger charge is -2.28.